The minimum absolute atomic E-state index is 0.120. The molecule has 2 rings (SSSR count). The molecule has 2 N–H and O–H groups in total. The highest BCUT2D eigenvalue weighted by Crippen LogP contribution is 2.20. The van der Waals surface area contributed by atoms with Gasteiger partial charge in [-0.15, -0.1) is 0 Å². The number of aryl methyl sites for hydroxylation is 1. The maximum Gasteiger partial charge on any atom is 0.220 e. The van der Waals surface area contributed by atoms with E-state index in [1.165, 1.54) is 0 Å². The lowest BCUT2D eigenvalue weighted by Crippen LogP contribution is -2.30. The van der Waals surface area contributed by atoms with Gasteiger partial charge in [-0.3, -0.25) is 4.79 Å². The number of aliphatic hydroxyl groups excluding tert-OH is 1. The Kier molecular flexibility index (Phi) is 6.44. The van der Waals surface area contributed by atoms with E-state index in [4.69, 9.17) is 16.3 Å². The van der Waals surface area contributed by atoms with Crippen LogP contribution in [0.3, 0.4) is 0 Å². The Labute approximate surface area is 141 Å². The van der Waals surface area contributed by atoms with Crippen LogP contribution in [0.4, 0.5) is 0 Å². The van der Waals surface area contributed by atoms with Crippen molar-refractivity contribution in [3.8, 4) is 5.75 Å². The number of amides is 1. The number of hydrogen-bond donors (Lipinski definition) is 2. The maximum absolute atomic E-state index is 12.1. The van der Waals surface area contributed by atoms with Crippen LogP contribution in [0.25, 0.3) is 0 Å². The molecular formula is C18H20ClNO3. The number of para-hydroxylation sites is 1. The van der Waals surface area contributed by atoms with E-state index in [1.807, 2.05) is 24.3 Å². The number of carbonyl (C=O) groups excluding carboxylic acids is 1. The number of rotatable bonds is 7. The van der Waals surface area contributed by atoms with E-state index in [0.29, 0.717) is 17.9 Å². The second-order valence-corrected chi connectivity index (χ2v) is 5.60. The number of methoxy groups -OCH3 is 1. The summed E-state index contributed by atoms with van der Waals surface area (Å²) in [6.07, 6.45) is 0.902. The van der Waals surface area contributed by atoms with Crippen molar-refractivity contribution in [3.63, 3.8) is 0 Å². The molecule has 0 radical (unpaired) electrons. The molecule has 0 bridgehead atoms. The Bertz CT molecular complexity index is 643. The van der Waals surface area contributed by atoms with Crippen LogP contribution in [0.5, 0.6) is 5.75 Å². The molecule has 2 aromatic rings. The third-order valence-corrected chi connectivity index (χ3v) is 3.86. The van der Waals surface area contributed by atoms with Crippen LogP contribution in [0, 0.1) is 0 Å². The summed E-state index contributed by atoms with van der Waals surface area (Å²) in [4.78, 5) is 12.1. The third kappa shape index (κ3) is 4.98. The Morgan fingerprint density at radius 1 is 1.22 bits per heavy atom. The Hall–Kier alpha value is -2.04. The molecule has 0 aliphatic rings. The fraction of sp³-hybridized carbons (Fsp3) is 0.278. The highest BCUT2D eigenvalue weighted by molar-refractivity contribution is 6.30. The van der Waals surface area contributed by atoms with Gasteiger partial charge in [0.15, 0.2) is 0 Å². The van der Waals surface area contributed by atoms with E-state index < -0.39 is 6.04 Å². The van der Waals surface area contributed by atoms with Crippen molar-refractivity contribution in [2.24, 2.45) is 0 Å². The first kappa shape index (κ1) is 17.3. The van der Waals surface area contributed by atoms with Crippen LogP contribution in [-0.4, -0.2) is 24.7 Å². The van der Waals surface area contributed by atoms with Crippen molar-refractivity contribution >= 4 is 17.5 Å². The lowest BCUT2D eigenvalue weighted by atomic mass is 10.1. The topological polar surface area (TPSA) is 58.6 Å². The van der Waals surface area contributed by atoms with E-state index in [1.54, 1.807) is 31.4 Å². The van der Waals surface area contributed by atoms with E-state index in [9.17, 15) is 9.90 Å². The molecule has 0 aliphatic carbocycles. The highest BCUT2D eigenvalue weighted by Gasteiger charge is 2.14. The summed E-state index contributed by atoms with van der Waals surface area (Å²) in [5.41, 5.74) is 1.81. The molecule has 0 aromatic heterocycles. The fourth-order valence-electron chi connectivity index (χ4n) is 2.35. The molecule has 5 heteroatoms. The molecule has 0 heterocycles. The van der Waals surface area contributed by atoms with Gasteiger partial charge >= 0.3 is 0 Å². The molecule has 0 saturated heterocycles. The number of halogens is 1. The predicted molar refractivity (Wildman–Crippen MR) is 90.7 cm³/mol. The molecule has 0 saturated carbocycles. The Morgan fingerprint density at radius 2 is 1.91 bits per heavy atom. The smallest absolute Gasteiger partial charge is 0.220 e. The molecular weight excluding hydrogens is 314 g/mol. The minimum Gasteiger partial charge on any atom is -0.496 e. The number of carbonyl (C=O) groups is 1. The SMILES string of the molecule is COc1ccccc1CCC(=O)NC(CO)c1ccc(Cl)cc1. The van der Waals surface area contributed by atoms with Gasteiger partial charge in [0.2, 0.25) is 5.91 Å². The van der Waals surface area contributed by atoms with Gasteiger partial charge in [0.1, 0.15) is 5.75 Å². The summed E-state index contributed by atoms with van der Waals surface area (Å²) >= 11 is 5.85. The van der Waals surface area contributed by atoms with Crippen LogP contribution in [0.15, 0.2) is 48.5 Å². The number of nitrogens with one attached hydrogen (secondary N) is 1. The average Bonchev–Trinajstić information content (AvgIpc) is 2.59. The van der Waals surface area contributed by atoms with Crippen molar-refractivity contribution in [1.29, 1.82) is 0 Å². The van der Waals surface area contributed by atoms with Crippen LogP contribution < -0.4 is 10.1 Å². The molecule has 0 fully saturated rings. The van der Waals surface area contributed by atoms with Crippen LogP contribution in [-0.2, 0) is 11.2 Å². The Morgan fingerprint density at radius 3 is 2.57 bits per heavy atom. The quantitative estimate of drug-likeness (QED) is 0.818. The van der Waals surface area contributed by atoms with Gasteiger partial charge in [0.05, 0.1) is 19.8 Å². The van der Waals surface area contributed by atoms with Gasteiger partial charge in [0.25, 0.3) is 0 Å². The van der Waals surface area contributed by atoms with Gasteiger partial charge in [-0.1, -0.05) is 41.9 Å². The zero-order valence-corrected chi connectivity index (χ0v) is 13.7. The number of hydrogen-bond acceptors (Lipinski definition) is 3. The van der Waals surface area contributed by atoms with Crippen molar-refractivity contribution in [2.45, 2.75) is 18.9 Å². The summed E-state index contributed by atoms with van der Waals surface area (Å²) in [6, 6.07) is 14.3. The van der Waals surface area contributed by atoms with Crippen LogP contribution in [0.1, 0.15) is 23.6 Å². The lowest BCUT2D eigenvalue weighted by molar-refractivity contribution is -0.122. The summed E-state index contributed by atoms with van der Waals surface area (Å²) in [5.74, 6) is 0.654. The van der Waals surface area contributed by atoms with E-state index in [0.717, 1.165) is 16.9 Å². The average molecular weight is 334 g/mol. The minimum atomic E-state index is -0.433. The second-order valence-electron chi connectivity index (χ2n) is 5.17. The monoisotopic (exact) mass is 333 g/mol. The van der Waals surface area contributed by atoms with Crippen molar-refractivity contribution in [1.82, 2.24) is 5.32 Å². The zero-order valence-electron chi connectivity index (χ0n) is 13.0. The lowest BCUT2D eigenvalue weighted by Gasteiger charge is -2.17. The molecule has 122 valence electrons. The maximum atomic E-state index is 12.1. The summed E-state index contributed by atoms with van der Waals surface area (Å²) in [7, 11) is 1.61. The van der Waals surface area contributed by atoms with Crippen molar-refractivity contribution < 1.29 is 14.6 Å². The van der Waals surface area contributed by atoms with Crippen molar-refractivity contribution in [2.75, 3.05) is 13.7 Å². The predicted octanol–water partition coefficient (Wildman–Crippen LogP) is 3.13. The largest absolute Gasteiger partial charge is 0.496 e. The van der Waals surface area contributed by atoms with Crippen molar-refractivity contribution in [3.05, 3.63) is 64.7 Å². The molecule has 4 nitrogen and oxygen atoms in total. The molecule has 2 aromatic carbocycles. The summed E-state index contributed by atoms with van der Waals surface area (Å²) in [5, 5.41) is 13.0. The highest BCUT2D eigenvalue weighted by atomic mass is 35.5. The first-order valence-electron chi connectivity index (χ1n) is 7.41. The van der Waals surface area contributed by atoms with Gasteiger partial charge in [0, 0.05) is 11.4 Å². The summed E-state index contributed by atoms with van der Waals surface area (Å²) < 4.78 is 5.28. The fourth-order valence-corrected chi connectivity index (χ4v) is 2.48. The molecule has 0 spiro atoms. The third-order valence-electron chi connectivity index (χ3n) is 3.60. The second kappa shape index (κ2) is 8.56. The number of aliphatic hydroxyl groups is 1. The molecule has 1 amide bonds. The van der Waals surface area contributed by atoms with Gasteiger partial charge in [-0.05, 0) is 35.7 Å². The first-order valence-corrected chi connectivity index (χ1v) is 7.79. The van der Waals surface area contributed by atoms with Crippen LogP contribution in [0.2, 0.25) is 5.02 Å². The van der Waals surface area contributed by atoms with Gasteiger partial charge < -0.3 is 15.2 Å². The van der Waals surface area contributed by atoms with Crippen LogP contribution >= 0.6 is 11.6 Å². The Balaban J connectivity index is 1.94. The zero-order chi connectivity index (χ0) is 16.7. The molecule has 1 atom stereocenters. The molecule has 23 heavy (non-hydrogen) atoms. The molecule has 1 unspecified atom stereocenters. The number of ether oxygens (including phenoxy) is 1. The standard InChI is InChI=1S/C18H20ClNO3/c1-23-17-5-3-2-4-14(17)8-11-18(22)20-16(12-21)13-6-9-15(19)10-7-13/h2-7,9-10,16,21H,8,11-12H2,1H3,(H,20,22). The molecule has 0 aliphatic heterocycles. The number of benzene rings is 2. The van der Waals surface area contributed by atoms with Gasteiger partial charge in [-0.25, -0.2) is 0 Å². The van der Waals surface area contributed by atoms with E-state index in [2.05, 4.69) is 5.32 Å². The van der Waals surface area contributed by atoms with E-state index >= 15 is 0 Å². The summed E-state index contributed by atoms with van der Waals surface area (Å²) in [6.45, 7) is -0.165. The van der Waals surface area contributed by atoms with Gasteiger partial charge in [-0.2, -0.15) is 0 Å². The normalized spacial score (nSPS) is 11.8. The first-order chi connectivity index (χ1) is 11.1. The van der Waals surface area contributed by atoms with E-state index in [-0.39, 0.29) is 12.5 Å².